The summed E-state index contributed by atoms with van der Waals surface area (Å²) in [4.78, 5) is 12.2. The van der Waals surface area contributed by atoms with Crippen LogP contribution >= 0.6 is 0 Å². The lowest BCUT2D eigenvalue weighted by atomic mass is 10.1. The zero-order valence-electron chi connectivity index (χ0n) is 13.0. The second-order valence-corrected chi connectivity index (χ2v) is 6.20. The van der Waals surface area contributed by atoms with Crippen LogP contribution in [0.25, 0.3) is 10.8 Å². The van der Waals surface area contributed by atoms with Crippen molar-refractivity contribution in [1.29, 1.82) is 0 Å². The summed E-state index contributed by atoms with van der Waals surface area (Å²) >= 11 is 0. The Morgan fingerprint density at radius 1 is 1.38 bits per heavy atom. The van der Waals surface area contributed by atoms with Gasteiger partial charge in [0.25, 0.3) is 11.5 Å². The van der Waals surface area contributed by atoms with Crippen molar-refractivity contribution in [2.75, 3.05) is 5.32 Å². The largest absolute Gasteiger partial charge is 0.381 e. The fourth-order valence-electron chi connectivity index (χ4n) is 2.78. The number of hydrogen-bond acceptors (Lipinski definition) is 3. The molecule has 0 saturated heterocycles. The molecule has 24 heavy (non-hydrogen) atoms. The molecule has 3 aromatic rings. The van der Waals surface area contributed by atoms with Gasteiger partial charge in [0, 0.05) is 49.0 Å². The van der Waals surface area contributed by atoms with Crippen molar-refractivity contribution in [1.82, 2.24) is 14.3 Å². The van der Waals surface area contributed by atoms with E-state index in [1.54, 1.807) is 31.7 Å². The van der Waals surface area contributed by atoms with Crippen molar-refractivity contribution in [2.45, 2.75) is 24.9 Å². The summed E-state index contributed by atoms with van der Waals surface area (Å²) in [6.45, 7) is 0.455. The number of anilines is 1. The summed E-state index contributed by atoms with van der Waals surface area (Å²) < 4.78 is 29.0. The molecule has 1 N–H and O–H groups in total. The van der Waals surface area contributed by atoms with Gasteiger partial charge in [-0.2, -0.15) is 5.10 Å². The Hall–Kier alpha value is -2.70. The SMILES string of the molecule is Cn1ccc2ccc(NCc3cnn(C4CC4(F)F)c3)cc2c1=O. The fraction of sp³-hybridized carbons (Fsp3) is 0.294. The minimum Gasteiger partial charge on any atom is -0.381 e. The van der Waals surface area contributed by atoms with Gasteiger partial charge in [0.1, 0.15) is 6.04 Å². The van der Waals surface area contributed by atoms with Crippen LogP contribution < -0.4 is 10.9 Å². The van der Waals surface area contributed by atoms with Gasteiger partial charge in [0.05, 0.1) is 6.20 Å². The number of halogens is 2. The molecule has 1 aliphatic carbocycles. The predicted octanol–water partition coefficient (Wildman–Crippen LogP) is 2.93. The van der Waals surface area contributed by atoms with Crippen LogP contribution in [-0.2, 0) is 13.6 Å². The molecule has 0 bridgehead atoms. The number of aryl methyl sites for hydroxylation is 1. The van der Waals surface area contributed by atoms with E-state index in [9.17, 15) is 13.6 Å². The van der Waals surface area contributed by atoms with Crippen LogP contribution in [0.1, 0.15) is 18.0 Å². The summed E-state index contributed by atoms with van der Waals surface area (Å²) in [6, 6.07) is 6.65. The average Bonchev–Trinajstić information content (AvgIpc) is 2.98. The summed E-state index contributed by atoms with van der Waals surface area (Å²) in [5.74, 6) is -2.63. The molecule has 4 rings (SSSR count). The number of hydrogen-bond donors (Lipinski definition) is 1. The minimum atomic E-state index is -2.63. The quantitative estimate of drug-likeness (QED) is 0.800. The third-order valence-corrected chi connectivity index (χ3v) is 4.35. The third-order valence-electron chi connectivity index (χ3n) is 4.35. The normalized spacial score (nSPS) is 18.7. The number of alkyl halides is 2. The Morgan fingerprint density at radius 3 is 2.92 bits per heavy atom. The zero-order valence-corrected chi connectivity index (χ0v) is 13.0. The highest BCUT2D eigenvalue weighted by molar-refractivity contribution is 5.84. The van der Waals surface area contributed by atoms with Crippen molar-refractivity contribution in [3.8, 4) is 0 Å². The van der Waals surface area contributed by atoms with E-state index in [0.29, 0.717) is 11.9 Å². The summed E-state index contributed by atoms with van der Waals surface area (Å²) in [7, 11) is 1.71. The minimum absolute atomic E-state index is 0.0556. The molecule has 2 aromatic heterocycles. The number of fused-ring (bicyclic) bond motifs is 1. The molecule has 1 unspecified atom stereocenters. The molecule has 0 amide bonds. The van der Waals surface area contributed by atoms with Gasteiger partial charge in [-0.05, 0) is 23.6 Å². The first-order valence-corrected chi connectivity index (χ1v) is 7.68. The first kappa shape index (κ1) is 14.9. The molecular weight excluding hydrogens is 314 g/mol. The predicted molar refractivity (Wildman–Crippen MR) is 87.3 cm³/mol. The number of benzene rings is 1. The first-order chi connectivity index (χ1) is 11.4. The molecule has 0 aliphatic heterocycles. The Bertz CT molecular complexity index is 976. The van der Waals surface area contributed by atoms with Gasteiger partial charge in [-0.25, -0.2) is 8.78 Å². The lowest BCUT2D eigenvalue weighted by Gasteiger charge is -2.07. The number of aromatic nitrogens is 3. The van der Waals surface area contributed by atoms with E-state index in [4.69, 9.17) is 0 Å². The number of rotatable bonds is 4. The van der Waals surface area contributed by atoms with E-state index >= 15 is 0 Å². The van der Waals surface area contributed by atoms with E-state index in [1.165, 1.54) is 9.25 Å². The van der Waals surface area contributed by atoms with Crippen LogP contribution in [0.3, 0.4) is 0 Å². The van der Waals surface area contributed by atoms with Crippen LogP contribution in [0.5, 0.6) is 0 Å². The van der Waals surface area contributed by atoms with Crippen LogP contribution in [0.2, 0.25) is 0 Å². The molecule has 124 valence electrons. The van der Waals surface area contributed by atoms with Gasteiger partial charge in [0.15, 0.2) is 0 Å². The van der Waals surface area contributed by atoms with Gasteiger partial charge >= 0.3 is 0 Å². The van der Waals surface area contributed by atoms with Gasteiger partial charge in [-0.1, -0.05) is 6.07 Å². The molecular formula is C17H16F2N4O. The molecule has 5 nitrogen and oxygen atoms in total. The lowest BCUT2D eigenvalue weighted by Crippen LogP contribution is -2.15. The van der Waals surface area contributed by atoms with Crippen molar-refractivity contribution in [3.63, 3.8) is 0 Å². The fourth-order valence-corrected chi connectivity index (χ4v) is 2.78. The number of pyridine rings is 1. The molecule has 7 heteroatoms. The van der Waals surface area contributed by atoms with Gasteiger partial charge in [-0.3, -0.25) is 9.48 Å². The molecule has 0 radical (unpaired) electrons. The molecule has 2 heterocycles. The zero-order chi connectivity index (χ0) is 16.9. The maximum atomic E-state index is 13.1. The van der Waals surface area contributed by atoms with Crippen LogP contribution in [0.4, 0.5) is 14.5 Å². The molecule has 1 atom stereocenters. The lowest BCUT2D eigenvalue weighted by molar-refractivity contribution is 0.0983. The van der Waals surface area contributed by atoms with E-state index in [0.717, 1.165) is 16.6 Å². The van der Waals surface area contributed by atoms with Crippen molar-refractivity contribution < 1.29 is 8.78 Å². The van der Waals surface area contributed by atoms with E-state index in [1.807, 2.05) is 18.2 Å². The molecule has 1 saturated carbocycles. The highest BCUT2D eigenvalue weighted by Gasteiger charge is 2.59. The smallest absolute Gasteiger partial charge is 0.272 e. The van der Waals surface area contributed by atoms with Crippen LogP contribution in [0.15, 0.2) is 47.7 Å². The number of nitrogens with one attached hydrogen (secondary N) is 1. The van der Waals surface area contributed by atoms with Crippen molar-refractivity contribution in [2.24, 2.45) is 7.05 Å². The Kier molecular flexibility index (Phi) is 3.19. The van der Waals surface area contributed by atoms with Gasteiger partial charge in [0.2, 0.25) is 0 Å². The molecule has 1 aromatic carbocycles. The average molecular weight is 330 g/mol. The molecule has 0 spiro atoms. The standard InChI is InChI=1S/C17H16F2N4O/c1-22-5-4-12-2-3-13(6-14(12)16(22)24)20-8-11-9-21-23(10-11)15-7-17(15,18)19/h2-6,9-10,15,20H,7-8H2,1H3. The van der Waals surface area contributed by atoms with Gasteiger partial charge in [-0.15, -0.1) is 0 Å². The summed E-state index contributed by atoms with van der Waals surface area (Å²) in [5, 5.41) is 8.73. The van der Waals surface area contributed by atoms with Crippen LogP contribution in [0, 0.1) is 0 Å². The van der Waals surface area contributed by atoms with Gasteiger partial charge < -0.3 is 9.88 Å². The second-order valence-electron chi connectivity index (χ2n) is 6.20. The van der Waals surface area contributed by atoms with Crippen LogP contribution in [-0.4, -0.2) is 20.3 Å². The number of nitrogens with zero attached hydrogens (tertiary/aromatic N) is 3. The van der Waals surface area contributed by atoms with E-state index in [-0.39, 0.29) is 12.0 Å². The summed E-state index contributed by atoms with van der Waals surface area (Å²) in [6.07, 6.45) is 4.81. The van der Waals surface area contributed by atoms with Crippen molar-refractivity contribution in [3.05, 3.63) is 58.8 Å². The Balaban J connectivity index is 1.51. The topological polar surface area (TPSA) is 51.9 Å². The Labute approximate surface area is 136 Å². The third kappa shape index (κ3) is 2.55. The highest BCUT2D eigenvalue weighted by atomic mass is 19.3. The van der Waals surface area contributed by atoms with Crippen molar-refractivity contribution >= 4 is 16.5 Å². The maximum absolute atomic E-state index is 13.1. The van der Waals surface area contributed by atoms with E-state index in [2.05, 4.69) is 10.4 Å². The second kappa shape index (κ2) is 5.15. The maximum Gasteiger partial charge on any atom is 0.272 e. The first-order valence-electron chi connectivity index (χ1n) is 7.68. The summed E-state index contributed by atoms with van der Waals surface area (Å²) in [5.41, 5.74) is 1.56. The highest BCUT2D eigenvalue weighted by Crippen LogP contribution is 2.52. The monoisotopic (exact) mass is 330 g/mol. The van der Waals surface area contributed by atoms with E-state index < -0.39 is 12.0 Å². The molecule has 1 fully saturated rings. The molecule has 1 aliphatic rings. The Morgan fingerprint density at radius 2 is 2.17 bits per heavy atom.